The van der Waals surface area contributed by atoms with E-state index in [-0.39, 0.29) is 5.92 Å². The zero-order valence-electron chi connectivity index (χ0n) is 17.4. The molecule has 0 bridgehead atoms. The quantitative estimate of drug-likeness (QED) is 0.396. The molecule has 28 heavy (non-hydrogen) atoms. The number of hydrogen-bond acceptors (Lipinski definition) is 4. The maximum atomic E-state index is 12.6. The van der Waals surface area contributed by atoms with Crippen LogP contribution in [0.2, 0.25) is 0 Å². The van der Waals surface area contributed by atoms with Gasteiger partial charge in [0.1, 0.15) is 0 Å². The minimum absolute atomic E-state index is 0.280. The molecule has 2 aliphatic rings. The standard InChI is InChI=1S/C21H35N5OS/c1-3-22-21(23-12-7-6-10-19-24-16(2)15-28-19)25-18-11-13-26(14-18)20(27)17-8-4-5-9-17/h15,17-18H,3-14H2,1-2H3,(H2,22,23,25). The Morgan fingerprint density at radius 3 is 2.86 bits per heavy atom. The molecule has 0 aromatic carbocycles. The van der Waals surface area contributed by atoms with Gasteiger partial charge in [0, 0.05) is 49.2 Å². The van der Waals surface area contributed by atoms with Gasteiger partial charge in [-0.25, -0.2) is 4.98 Å². The number of carbonyl (C=O) groups is 1. The number of aliphatic imine (C=N–C) groups is 1. The van der Waals surface area contributed by atoms with Crippen LogP contribution in [0.5, 0.6) is 0 Å². The van der Waals surface area contributed by atoms with E-state index in [1.165, 1.54) is 17.8 Å². The maximum Gasteiger partial charge on any atom is 0.225 e. The van der Waals surface area contributed by atoms with Crippen molar-refractivity contribution in [1.29, 1.82) is 0 Å². The average molecular weight is 406 g/mol. The Hall–Kier alpha value is -1.63. The van der Waals surface area contributed by atoms with Crippen LogP contribution in [-0.2, 0) is 11.2 Å². The number of aryl methyl sites for hydroxylation is 2. The van der Waals surface area contributed by atoms with E-state index in [0.29, 0.717) is 11.9 Å². The molecule has 156 valence electrons. The molecule has 2 fully saturated rings. The molecule has 1 aromatic rings. The van der Waals surface area contributed by atoms with Gasteiger partial charge in [0.05, 0.1) is 5.01 Å². The van der Waals surface area contributed by atoms with Crippen molar-refractivity contribution in [3.8, 4) is 0 Å². The van der Waals surface area contributed by atoms with Crippen molar-refractivity contribution in [2.24, 2.45) is 10.9 Å². The minimum atomic E-state index is 0.280. The number of rotatable bonds is 8. The van der Waals surface area contributed by atoms with E-state index in [0.717, 1.165) is 76.4 Å². The van der Waals surface area contributed by atoms with Gasteiger partial charge < -0.3 is 15.5 Å². The number of unbranched alkanes of at least 4 members (excludes halogenated alkanes) is 1. The molecule has 0 radical (unpaired) electrons. The molecule has 6 nitrogen and oxygen atoms in total. The van der Waals surface area contributed by atoms with E-state index < -0.39 is 0 Å². The predicted octanol–water partition coefficient (Wildman–Crippen LogP) is 3.12. The molecule has 7 heteroatoms. The summed E-state index contributed by atoms with van der Waals surface area (Å²) in [7, 11) is 0. The molecule has 3 rings (SSSR count). The fraction of sp³-hybridized carbons (Fsp3) is 0.762. The summed E-state index contributed by atoms with van der Waals surface area (Å²) in [4.78, 5) is 23.9. The summed E-state index contributed by atoms with van der Waals surface area (Å²) in [5.74, 6) is 1.54. The van der Waals surface area contributed by atoms with Gasteiger partial charge in [-0.2, -0.15) is 0 Å². The third kappa shape index (κ3) is 6.19. The maximum absolute atomic E-state index is 12.6. The van der Waals surface area contributed by atoms with Crippen molar-refractivity contribution in [3.05, 3.63) is 16.1 Å². The predicted molar refractivity (Wildman–Crippen MR) is 116 cm³/mol. The summed E-state index contributed by atoms with van der Waals surface area (Å²) >= 11 is 1.75. The van der Waals surface area contributed by atoms with Gasteiger partial charge in [0.2, 0.25) is 5.91 Å². The molecular formula is C21H35N5OS. The number of likely N-dealkylation sites (tertiary alicyclic amines) is 1. The molecular weight excluding hydrogens is 370 g/mol. The van der Waals surface area contributed by atoms with Gasteiger partial charge in [0.15, 0.2) is 5.96 Å². The SMILES string of the molecule is CCNC(=NCCCCc1nc(C)cs1)NC1CCN(C(=O)C2CCCC2)C1. The highest BCUT2D eigenvalue weighted by Gasteiger charge is 2.32. The molecule has 1 atom stereocenters. The smallest absolute Gasteiger partial charge is 0.225 e. The third-order valence-corrected chi connectivity index (χ3v) is 6.65. The van der Waals surface area contributed by atoms with Crippen molar-refractivity contribution < 1.29 is 4.79 Å². The number of hydrogen-bond donors (Lipinski definition) is 2. The fourth-order valence-electron chi connectivity index (χ4n) is 4.12. The lowest BCUT2D eigenvalue weighted by atomic mass is 10.1. The van der Waals surface area contributed by atoms with Crippen LogP contribution in [0.1, 0.15) is 62.6 Å². The molecule has 1 aromatic heterocycles. The van der Waals surface area contributed by atoms with Crippen LogP contribution in [0.25, 0.3) is 0 Å². The molecule has 2 N–H and O–H groups in total. The van der Waals surface area contributed by atoms with E-state index in [2.05, 4.69) is 32.8 Å². The molecule has 1 saturated carbocycles. The number of carbonyl (C=O) groups excluding carboxylic acids is 1. The summed E-state index contributed by atoms with van der Waals surface area (Å²) in [6.07, 6.45) is 8.81. The molecule has 1 saturated heterocycles. The normalized spacial score (nSPS) is 20.7. The molecule has 0 spiro atoms. The first-order chi connectivity index (χ1) is 13.7. The number of amides is 1. The summed E-state index contributed by atoms with van der Waals surface area (Å²) in [5.41, 5.74) is 1.12. The first kappa shape index (κ1) is 21.1. The van der Waals surface area contributed by atoms with Gasteiger partial charge in [-0.1, -0.05) is 12.8 Å². The van der Waals surface area contributed by atoms with Gasteiger partial charge in [-0.05, 0) is 52.4 Å². The van der Waals surface area contributed by atoms with Crippen molar-refractivity contribution in [1.82, 2.24) is 20.5 Å². The van der Waals surface area contributed by atoms with Crippen molar-refractivity contribution in [2.45, 2.75) is 71.3 Å². The number of guanidine groups is 1. The van der Waals surface area contributed by atoms with Gasteiger partial charge in [0.25, 0.3) is 0 Å². The first-order valence-corrected chi connectivity index (χ1v) is 11.8. The third-order valence-electron chi connectivity index (χ3n) is 5.62. The molecule has 1 amide bonds. The summed E-state index contributed by atoms with van der Waals surface area (Å²) in [6.45, 7) is 7.48. The Bertz CT molecular complexity index is 653. The highest BCUT2D eigenvalue weighted by Crippen LogP contribution is 2.27. The Morgan fingerprint density at radius 2 is 2.14 bits per heavy atom. The van der Waals surface area contributed by atoms with Crippen LogP contribution in [-0.4, -0.2) is 54.0 Å². The van der Waals surface area contributed by atoms with Crippen molar-refractivity contribution >= 4 is 23.2 Å². The number of nitrogens with zero attached hydrogens (tertiary/aromatic N) is 3. The fourth-order valence-corrected chi connectivity index (χ4v) is 4.94. The summed E-state index contributed by atoms with van der Waals surface area (Å²) in [6, 6.07) is 0.307. The minimum Gasteiger partial charge on any atom is -0.357 e. The van der Waals surface area contributed by atoms with Crippen molar-refractivity contribution in [2.75, 3.05) is 26.2 Å². The largest absolute Gasteiger partial charge is 0.357 e. The van der Waals surface area contributed by atoms with Crippen LogP contribution in [0.3, 0.4) is 0 Å². The van der Waals surface area contributed by atoms with Crippen LogP contribution >= 0.6 is 11.3 Å². The Morgan fingerprint density at radius 1 is 1.32 bits per heavy atom. The second kappa shape index (κ2) is 10.8. The van der Waals surface area contributed by atoms with E-state index >= 15 is 0 Å². The second-order valence-electron chi connectivity index (χ2n) is 8.00. The Kier molecular flexibility index (Phi) is 8.13. The lowest BCUT2D eigenvalue weighted by Gasteiger charge is -2.21. The number of aromatic nitrogens is 1. The summed E-state index contributed by atoms with van der Waals surface area (Å²) < 4.78 is 0. The highest BCUT2D eigenvalue weighted by molar-refractivity contribution is 7.09. The van der Waals surface area contributed by atoms with Crippen molar-refractivity contribution in [3.63, 3.8) is 0 Å². The average Bonchev–Trinajstić information content (AvgIpc) is 3.43. The van der Waals surface area contributed by atoms with Crippen LogP contribution in [0.15, 0.2) is 10.4 Å². The second-order valence-corrected chi connectivity index (χ2v) is 8.94. The first-order valence-electron chi connectivity index (χ1n) is 10.9. The molecule has 1 unspecified atom stereocenters. The Balaban J connectivity index is 1.39. The van der Waals surface area contributed by atoms with Gasteiger partial charge in [-0.15, -0.1) is 11.3 Å². The van der Waals surface area contributed by atoms with Crippen LogP contribution in [0.4, 0.5) is 0 Å². The van der Waals surface area contributed by atoms with E-state index in [1.54, 1.807) is 11.3 Å². The highest BCUT2D eigenvalue weighted by atomic mass is 32.1. The molecule has 1 aliphatic carbocycles. The van der Waals surface area contributed by atoms with E-state index in [4.69, 9.17) is 4.99 Å². The zero-order valence-corrected chi connectivity index (χ0v) is 18.2. The molecule has 2 heterocycles. The van der Waals surface area contributed by atoms with E-state index in [9.17, 15) is 4.79 Å². The number of thiazole rings is 1. The van der Waals surface area contributed by atoms with Gasteiger partial charge >= 0.3 is 0 Å². The molecule has 1 aliphatic heterocycles. The Labute approximate surface area is 173 Å². The number of nitrogens with one attached hydrogen (secondary N) is 2. The monoisotopic (exact) mass is 405 g/mol. The van der Waals surface area contributed by atoms with Gasteiger partial charge in [-0.3, -0.25) is 9.79 Å². The van der Waals surface area contributed by atoms with E-state index in [1.807, 2.05) is 6.92 Å². The summed E-state index contributed by atoms with van der Waals surface area (Å²) in [5, 5.41) is 10.2. The lowest BCUT2D eigenvalue weighted by Crippen LogP contribution is -2.45. The topological polar surface area (TPSA) is 69.6 Å². The van der Waals surface area contributed by atoms with Crippen LogP contribution < -0.4 is 10.6 Å². The zero-order chi connectivity index (χ0) is 19.8. The van der Waals surface area contributed by atoms with Crippen LogP contribution in [0, 0.1) is 12.8 Å². The lowest BCUT2D eigenvalue weighted by molar-refractivity contribution is -0.134.